The number of hydrogen-bond acceptors (Lipinski definition) is 4. The van der Waals surface area contributed by atoms with Crippen molar-refractivity contribution < 1.29 is 0 Å². The number of aromatic amines is 1. The molecule has 0 bridgehead atoms. The van der Waals surface area contributed by atoms with Gasteiger partial charge in [-0.2, -0.15) is 5.10 Å². The molecule has 20 heavy (non-hydrogen) atoms. The van der Waals surface area contributed by atoms with Crippen molar-refractivity contribution in [2.45, 2.75) is 19.5 Å². The summed E-state index contributed by atoms with van der Waals surface area (Å²) in [7, 11) is 0. The lowest BCUT2D eigenvalue weighted by atomic mass is 10.2. The molecule has 0 spiro atoms. The second kappa shape index (κ2) is 6.10. The second-order valence-electron chi connectivity index (χ2n) is 4.49. The van der Waals surface area contributed by atoms with Crippen LogP contribution in [0.4, 0.5) is 0 Å². The van der Waals surface area contributed by atoms with E-state index in [4.69, 9.17) is 11.6 Å². The SMILES string of the molecule is Cc1[nH]ncc1CNC(c1cccs1)c1ccc(Cl)s1. The van der Waals surface area contributed by atoms with Crippen molar-refractivity contribution in [3.8, 4) is 0 Å². The minimum Gasteiger partial charge on any atom is -0.301 e. The number of halogens is 1. The maximum absolute atomic E-state index is 6.07. The maximum Gasteiger partial charge on any atom is 0.0931 e. The number of H-pyrrole nitrogens is 1. The topological polar surface area (TPSA) is 40.7 Å². The maximum atomic E-state index is 6.07. The molecular formula is C14H14ClN3S2. The number of rotatable bonds is 5. The molecule has 0 radical (unpaired) electrons. The van der Waals surface area contributed by atoms with Crippen molar-refractivity contribution >= 4 is 34.3 Å². The van der Waals surface area contributed by atoms with Crippen LogP contribution in [0.15, 0.2) is 35.8 Å². The average Bonchev–Trinajstić information content (AvgIpc) is 3.14. The van der Waals surface area contributed by atoms with E-state index in [1.165, 1.54) is 15.3 Å². The number of aromatic nitrogens is 2. The van der Waals surface area contributed by atoms with Crippen molar-refractivity contribution in [1.29, 1.82) is 0 Å². The van der Waals surface area contributed by atoms with Gasteiger partial charge in [-0.3, -0.25) is 5.10 Å². The Kier molecular flexibility index (Phi) is 4.21. The van der Waals surface area contributed by atoms with Gasteiger partial charge in [-0.25, -0.2) is 0 Å². The van der Waals surface area contributed by atoms with Crippen LogP contribution in [0.3, 0.4) is 0 Å². The van der Waals surface area contributed by atoms with Gasteiger partial charge in [0.05, 0.1) is 16.6 Å². The van der Waals surface area contributed by atoms with E-state index < -0.39 is 0 Å². The summed E-state index contributed by atoms with van der Waals surface area (Å²) in [5.41, 5.74) is 2.29. The third kappa shape index (κ3) is 2.96. The van der Waals surface area contributed by atoms with Crippen LogP contribution in [0.1, 0.15) is 27.1 Å². The molecule has 0 aliphatic heterocycles. The zero-order valence-electron chi connectivity index (χ0n) is 10.9. The van der Waals surface area contributed by atoms with Gasteiger partial charge in [-0.15, -0.1) is 22.7 Å². The molecule has 0 saturated carbocycles. The fourth-order valence-corrected chi connectivity index (χ4v) is 4.09. The predicted octanol–water partition coefficient (Wildman–Crippen LogP) is 4.37. The van der Waals surface area contributed by atoms with Gasteiger partial charge in [-0.05, 0) is 30.5 Å². The summed E-state index contributed by atoms with van der Waals surface area (Å²) < 4.78 is 0.822. The number of nitrogens with zero attached hydrogens (tertiary/aromatic N) is 1. The Labute approximate surface area is 130 Å². The van der Waals surface area contributed by atoms with Crippen LogP contribution < -0.4 is 5.32 Å². The van der Waals surface area contributed by atoms with Crippen LogP contribution in [0, 0.1) is 6.92 Å². The van der Waals surface area contributed by atoms with E-state index in [-0.39, 0.29) is 6.04 Å². The molecule has 104 valence electrons. The molecule has 3 aromatic heterocycles. The second-order valence-corrected chi connectivity index (χ2v) is 7.22. The fraction of sp³-hybridized carbons (Fsp3) is 0.214. The first-order valence-corrected chi connectivity index (χ1v) is 8.32. The Morgan fingerprint density at radius 1 is 1.35 bits per heavy atom. The van der Waals surface area contributed by atoms with Crippen molar-refractivity contribution in [3.05, 3.63) is 61.2 Å². The van der Waals surface area contributed by atoms with E-state index in [1.807, 2.05) is 19.2 Å². The van der Waals surface area contributed by atoms with Gasteiger partial charge in [0, 0.05) is 27.6 Å². The molecule has 0 aromatic carbocycles. The standard InChI is InChI=1S/C14H14ClN3S2/c1-9-10(8-17-18-9)7-16-14(11-3-2-6-19-11)12-4-5-13(15)20-12/h2-6,8,14,16H,7H2,1H3,(H,17,18). The Hall–Kier alpha value is -1.14. The molecule has 3 aromatic rings. The first-order chi connectivity index (χ1) is 9.74. The summed E-state index contributed by atoms with van der Waals surface area (Å²) in [6, 6.07) is 8.45. The molecule has 3 rings (SSSR count). The van der Waals surface area contributed by atoms with Gasteiger partial charge >= 0.3 is 0 Å². The molecule has 1 atom stereocenters. The van der Waals surface area contributed by atoms with E-state index in [2.05, 4.69) is 39.1 Å². The minimum absolute atomic E-state index is 0.182. The van der Waals surface area contributed by atoms with Crippen LogP contribution in [0.2, 0.25) is 4.34 Å². The molecule has 0 fully saturated rings. The van der Waals surface area contributed by atoms with Crippen molar-refractivity contribution in [2.75, 3.05) is 0 Å². The highest BCUT2D eigenvalue weighted by Gasteiger charge is 2.17. The summed E-state index contributed by atoms with van der Waals surface area (Å²) in [5.74, 6) is 0. The molecule has 2 N–H and O–H groups in total. The van der Waals surface area contributed by atoms with Crippen molar-refractivity contribution in [1.82, 2.24) is 15.5 Å². The minimum atomic E-state index is 0.182. The van der Waals surface area contributed by atoms with Gasteiger partial charge in [0.25, 0.3) is 0 Å². The van der Waals surface area contributed by atoms with Crippen LogP contribution >= 0.6 is 34.3 Å². The monoisotopic (exact) mass is 323 g/mol. The highest BCUT2D eigenvalue weighted by molar-refractivity contribution is 7.16. The Bertz CT molecular complexity index is 672. The van der Waals surface area contributed by atoms with Gasteiger partial charge in [-0.1, -0.05) is 17.7 Å². The summed E-state index contributed by atoms with van der Waals surface area (Å²) in [6.07, 6.45) is 1.87. The fourth-order valence-electron chi connectivity index (χ4n) is 2.05. The van der Waals surface area contributed by atoms with E-state index >= 15 is 0 Å². The molecule has 1 unspecified atom stereocenters. The number of hydrogen-bond donors (Lipinski definition) is 2. The van der Waals surface area contributed by atoms with Crippen molar-refractivity contribution in [3.63, 3.8) is 0 Å². The lowest BCUT2D eigenvalue weighted by Crippen LogP contribution is -2.20. The lowest BCUT2D eigenvalue weighted by Gasteiger charge is -2.16. The normalized spacial score (nSPS) is 12.7. The summed E-state index contributed by atoms with van der Waals surface area (Å²) >= 11 is 9.45. The van der Waals surface area contributed by atoms with Crippen LogP contribution in [0.5, 0.6) is 0 Å². The number of thiophene rings is 2. The quantitative estimate of drug-likeness (QED) is 0.731. The molecule has 0 aliphatic rings. The van der Waals surface area contributed by atoms with Gasteiger partial charge in [0.1, 0.15) is 0 Å². The predicted molar refractivity (Wildman–Crippen MR) is 85.7 cm³/mol. The molecule has 6 heteroatoms. The summed E-state index contributed by atoms with van der Waals surface area (Å²) in [4.78, 5) is 2.53. The number of aryl methyl sites for hydroxylation is 1. The Morgan fingerprint density at radius 3 is 2.85 bits per heavy atom. The summed E-state index contributed by atoms with van der Waals surface area (Å²) in [6.45, 7) is 2.81. The van der Waals surface area contributed by atoms with Crippen molar-refractivity contribution in [2.24, 2.45) is 0 Å². The van der Waals surface area contributed by atoms with E-state index in [1.54, 1.807) is 22.7 Å². The highest BCUT2D eigenvalue weighted by atomic mass is 35.5. The smallest absolute Gasteiger partial charge is 0.0931 e. The molecule has 0 amide bonds. The third-order valence-corrected chi connectivity index (χ3v) is 5.37. The Morgan fingerprint density at radius 2 is 2.25 bits per heavy atom. The van der Waals surface area contributed by atoms with Gasteiger partial charge in [0.2, 0.25) is 0 Å². The van der Waals surface area contributed by atoms with E-state index in [0.717, 1.165) is 16.6 Å². The molecule has 0 saturated heterocycles. The zero-order valence-corrected chi connectivity index (χ0v) is 13.3. The van der Waals surface area contributed by atoms with E-state index in [9.17, 15) is 0 Å². The number of nitrogens with one attached hydrogen (secondary N) is 2. The van der Waals surface area contributed by atoms with Crippen LogP contribution in [-0.2, 0) is 6.54 Å². The summed E-state index contributed by atoms with van der Waals surface area (Å²) in [5, 5.41) is 12.7. The largest absolute Gasteiger partial charge is 0.301 e. The zero-order chi connectivity index (χ0) is 13.9. The third-order valence-electron chi connectivity index (χ3n) is 3.14. The van der Waals surface area contributed by atoms with Crippen LogP contribution in [0.25, 0.3) is 0 Å². The average molecular weight is 324 g/mol. The molecule has 3 nitrogen and oxygen atoms in total. The lowest BCUT2D eigenvalue weighted by molar-refractivity contribution is 0.620. The Balaban J connectivity index is 1.81. The molecular weight excluding hydrogens is 310 g/mol. The van der Waals surface area contributed by atoms with E-state index in [0.29, 0.717) is 0 Å². The van der Waals surface area contributed by atoms with Gasteiger partial charge in [0.15, 0.2) is 0 Å². The van der Waals surface area contributed by atoms with Gasteiger partial charge < -0.3 is 5.32 Å². The first kappa shape index (κ1) is 13.8. The first-order valence-electron chi connectivity index (χ1n) is 6.25. The molecule has 3 heterocycles. The van der Waals surface area contributed by atoms with Crippen LogP contribution in [-0.4, -0.2) is 10.2 Å². The molecule has 0 aliphatic carbocycles. The highest BCUT2D eigenvalue weighted by Crippen LogP contribution is 2.33.